The predicted octanol–water partition coefficient (Wildman–Crippen LogP) is 1.87. The maximum atomic E-state index is 10.4. The molecular weight excluding hydrogens is 222 g/mol. The second-order valence-electron chi connectivity index (χ2n) is 3.36. The molecule has 88 valence electrons. The minimum absolute atomic E-state index is 0.148. The summed E-state index contributed by atoms with van der Waals surface area (Å²) in [5.41, 5.74) is 0. The van der Waals surface area contributed by atoms with E-state index in [1.807, 2.05) is 30.3 Å². The van der Waals surface area contributed by atoms with Gasteiger partial charge in [0.1, 0.15) is 12.4 Å². The van der Waals surface area contributed by atoms with E-state index in [1.165, 1.54) is 10.7 Å². The highest BCUT2D eigenvalue weighted by Gasteiger charge is 2.10. The highest BCUT2D eigenvalue weighted by atomic mass is 16.6. The topological polar surface area (TPSA) is 70.2 Å². The fraction of sp³-hybridized carbons (Fsp3) is 0.182. The van der Waals surface area contributed by atoms with Crippen LogP contribution in [-0.4, -0.2) is 21.3 Å². The molecule has 17 heavy (non-hydrogen) atoms. The monoisotopic (exact) mass is 233 g/mol. The van der Waals surface area contributed by atoms with Crippen LogP contribution >= 0.6 is 0 Å². The van der Waals surface area contributed by atoms with Gasteiger partial charge in [0, 0.05) is 0 Å². The average molecular weight is 233 g/mol. The summed E-state index contributed by atoms with van der Waals surface area (Å²) in [6, 6.07) is 10.7. The maximum absolute atomic E-state index is 10.4. The van der Waals surface area contributed by atoms with Crippen molar-refractivity contribution in [2.75, 3.05) is 6.61 Å². The zero-order chi connectivity index (χ0) is 12.1. The molecule has 0 radical (unpaired) electrons. The fourth-order valence-electron chi connectivity index (χ4n) is 1.35. The van der Waals surface area contributed by atoms with E-state index in [1.54, 1.807) is 6.20 Å². The third kappa shape index (κ3) is 3.04. The molecule has 2 aromatic rings. The molecule has 0 saturated carbocycles. The second kappa shape index (κ2) is 5.11. The van der Waals surface area contributed by atoms with Gasteiger partial charge in [-0.3, -0.25) is 0 Å². The van der Waals surface area contributed by atoms with Crippen molar-refractivity contribution >= 4 is 5.82 Å². The Morgan fingerprint density at radius 1 is 1.29 bits per heavy atom. The minimum atomic E-state index is -0.519. The molecule has 0 N–H and O–H groups in total. The largest absolute Gasteiger partial charge is 0.492 e. The number of aromatic nitrogens is 2. The highest BCUT2D eigenvalue weighted by molar-refractivity contribution is 5.20. The van der Waals surface area contributed by atoms with Crippen molar-refractivity contribution in [1.82, 2.24) is 9.78 Å². The van der Waals surface area contributed by atoms with Gasteiger partial charge in [-0.1, -0.05) is 18.2 Å². The first-order valence-electron chi connectivity index (χ1n) is 5.11. The molecule has 0 spiro atoms. The molecule has 6 heteroatoms. The number of hydrogen-bond donors (Lipinski definition) is 0. The zero-order valence-corrected chi connectivity index (χ0v) is 9.02. The van der Waals surface area contributed by atoms with Gasteiger partial charge in [-0.05, 0) is 17.1 Å². The molecule has 1 aromatic carbocycles. The number of para-hydroxylation sites is 1. The molecule has 2 rings (SSSR count). The molecule has 0 amide bonds. The third-order valence-corrected chi connectivity index (χ3v) is 2.15. The SMILES string of the molecule is O=[N+]([O-])c1ccn(CCOc2ccccc2)n1. The van der Waals surface area contributed by atoms with Crippen molar-refractivity contribution in [3.8, 4) is 5.75 Å². The smallest absolute Gasteiger partial charge is 0.389 e. The molecular formula is C11H11N3O3. The van der Waals surface area contributed by atoms with Crippen molar-refractivity contribution < 1.29 is 9.66 Å². The predicted molar refractivity (Wildman–Crippen MR) is 60.8 cm³/mol. The van der Waals surface area contributed by atoms with Crippen LogP contribution in [0.2, 0.25) is 0 Å². The lowest BCUT2D eigenvalue weighted by Gasteiger charge is -2.03. The first kappa shape index (κ1) is 11.1. The number of nitro groups is 1. The maximum Gasteiger partial charge on any atom is 0.389 e. The van der Waals surface area contributed by atoms with Crippen LogP contribution in [0.5, 0.6) is 5.75 Å². The zero-order valence-electron chi connectivity index (χ0n) is 9.02. The van der Waals surface area contributed by atoms with Crippen LogP contribution in [0.4, 0.5) is 5.82 Å². The molecule has 1 heterocycles. The van der Waals surface area contributed by atoms with E-state index in [9.17, 15) is 10.1 Å². The number of ether oxygens (including phenoxy) is 1. The summed E-state index contributed by atoms with van der Waals surface area (Å²) in [4.78, 5) is 9.89. The number of hydrogen-bond acceptors (Lipinski definition) is 4. The van der Waals surface area contributed by atoms with Crippen LogP contribution in [0.1, 0.15) is 0 Å². The lowest BCUT2D eigenvalue weighted by atomic mass is 10.3. The van der Waals surface area contributed by atoms with Gasteiger partial charge >= 0.3 is 5.82 Å². The average Bonchev–Trinajstić information content (AvgIpc) is 2.79. The number of benzene rings is 1. The summed E-state index contributed by atoms with van der Waals surface area (Å²) in [6.07, 6.45) is 1.56. The first-order chi connectivity index (χ1) is 8.25. The highest BCUT2D eigenvalue weighted by Crippen LogP contribution is 2.09. The lowest BCUT2D eigenvalue weighted by Crippen LogP contribution is -2.08. The van der Waals surface area contributed by atoms with Crippen molar-refractivity contribution in [2.45, 2.75) is 6.54 Å². The third-order valence-electron chi connectivity index (χ3n) is 2.15. The molecule has 0 unspecified atom stereocenters. The van der Waals surface area contributed by atoms with Crippen molar-refractivity contribution in [1.29, 1.82) is 0 Å². The van der Waals surface area contributed by atoms with Gasteiger partial charge in [0.05, 0.1) is 23.9 Å². The Labute approximate surface area is 97.6 Å². The normalized spacial score (nSPS) is 10.1. The van der Waals surface area contributed by atoms with Gasteiger partial charge in [0.15, 0.2) is 0 Å². The van der Waals surface area contributed by atoms with E-state index >= 15 is 0 Å². The van der Waals surface area contributed by atoms with Crippen molar-refractivity contribution in [3.05, 3.63) is 52.7 Å². The fourth-order valence-corrected chi connectivity index (χ4v) is 1.35. The van der Waals surface area contributed by atoms with E-state index in [0.717, 1.165) is 5.75 Å². The summed E-state index contributed by atoms with van der Waals surface area (Å²) in [6.45, 7) is 0.894. The molecule has 0 atom stereocenters. The molecule has 0 bridgehead atoms. The van der Waals surface area contributed by atoms with Gasteiger partial charge in [0.25, 0.3) is 0 Å². The summed E-state index contributed by atoms with van der Waals surface area (Å²) < 4.78 is 6.94. The standard InChI is InChI=1S/C11H11N3O3/c15-14(16)11-6-7-13(12-11)8-9-17-10-4-2-1-3-5-10/h1-7H,8-9H2. The van der Waals surface area contributed by atoms with Gasteiger partial charge in [0.2, 0.25) is 0 Å². The van der Waals surface area contributed by atoms with Crippen LogP contribution in [0.15, 0.2) is 42.6 Å². The Hall–Kier alpha value is -2.37. The van der Waals surface area contributed by atoms with E-state index in [-0.39, 0.29) is 5.82 Å². The molecule has 0 fully saturated rings. The lowest BCUT2D eigenvalue weighted by molar-refractivity contribution is -0.389. The molecule has 0 aliphatic carbocycles. The van der Waals surface area contributed by atoms with Gasteiger partial charge in [-0.15, -0.1) is 0 Å². The molecule has 1 aromatic heterocycles. The summed E-state index contributed by atoms with van der Waals surface area (Å²) >= 11 is 0. The van der Waals surface area contributed by atoms with Gasteiger partial charge < -0.3 is 14.9 Å². The molecule has 6 nitrogen and oxygen atoms in total. The van der Waals surface area contributed by atoms with E-state index in [2.05, 4.69) is 5.10 Å². The van der Waals surface area contributed by atoms with E-state index in [4.69, 9.17) is 4.74 Å². The van der Waals surface area contributed by atoms with Crippen molar-refractivity contribution in [3.63, 3.8) is 0 Å². The van der Waals surface area contributed by atoms with Crippen LogP contribution in [0.25, 0.3) is 0 Å². The number of nitrogens with zero attached hydrogens (tertiary/aromatic N) is 3. The molecule has 0 aliphatic rings. The Balaban J connectivity index is 1.84. The van der Waals surface area contributed by atoms with Crippen LogP contribution in [-0.2, 0) is 6.54 Å². The minimum Gasteiger partial charge on any atom is -0.492 e. The van der Waals surface area contributed by atoms with Gasteiger partial charge in [-0.2, -0.15) is 4.68 Å². The first-order valence-corrected chi connectivity index (χ1v) is 5.11. The summed E-state index contributed by atoms with van der Waals surface area (Å²) in [5.74, 6) is 0.624. The van der Waals surface area contributed by atoms with Gasteiger partial charge in [-0.25, -0.2) is 0 Å². The van der Waals surface area contributed by atoms with Crippen molar-refractivity contribution in [2.24, 2.45) is 0 Å². The quantitative estimate of drug-likeness (QED) is 0.584. The Morgan fingerprint density at radius 2 is 2.06 bits per heavy atom. The molecule has 0 aliphatic heterocycles. The van der Waals surface area contributed by atoms with Crippen LogP contribution < -0.4 is 4.74 Å². The summed E-state index contributed by atoms with van der Waals surface area (Å²) in [7, 11) is 0. The van der Waals surface area contributed by atoms with Crippen LogP contribution in [0.3, 0.4) is 0 Å². The van der Waals surface area contributed by atoms with E-state index in [0.29, 0.717) is 13.2 Å². The second-order valence-corrected chi connectivity index (χ2v) is 3.36. The Morgan fingerprint density at radius 3 is 2.71 bits per heavy atom. The Kier molecular flexibility index (Phi) is 3.34. The van der Waals surface area contributed by atoms with E-state index < -0.39 is 4.92 Å². The molecule has 0 saturated heterocycles. The Bertz CT molecular complexity index is 496. The van der Waals surface area contributed by atoms with Crippen LogP contribution in [0, 0.1) is 10.1 Å². The number of rotatable bonds is 5. The summed E-state index contributed by atoms with van der Waals surface area (Å²) in [5, 5.41) is 14.2.